The van der Waals surface area contributed by atoms with E-state index in [0.29, 0.717) is 16.7 Å². The largest absolute Gasteiger partial charge is 0.446 e. The van der Waals surface area contributed by atoms with Crippen molar-refractivity contribution in [3.8, 4) is 17.1 Å². The lowest BCUT2D eigenvalue weighted by atomic mass is 10.1. The van der Waals surface area contributed by atoms with Gasteiger partial charge in [0.2, 0.25) is 17.3 Å². The molecule has 25 heavy (non-hydrogen) atoms. The number of nitrogens with zero attached hydrogens (tertiary/aromatic N) is 4. The maximum absolute atomic E-state index is 6.23. The van der Waals surface area contributed by atoms with Crippen LogP contribution in [0.2, 0.25) is 0 Å². The Kier molecular flexibility index (Phi) is 4.31. The average Bonchev–Trinajstić information content (AvgIpc) is 2.98. The summed E-state index contributed by atoms with van der Waals surface area (Å²) in [6.45, 7) is 2.13. The minimum Gasteiger partial charge on any atom is -0.446 e. The van der Waals surface area contributed by atoms with Gasteiger partial charge in [-0.1, -0.05) is 36.9 Å². The van der Waals surface area contributed by atoms with Gasteiger partial charge in [-0.25, -0.2) is 0 Å². The molecule has 1 aliphatic rings. The van der Waals surface area contributed by atoms with Crippen LogP contribution < -0.4 is 10.1 Å². The van der Waals surface area contributed by atoms with Crippen LogP contribution in [0.25, 0.3) is 11.3 Å². The lowest BCUT2D eigenvalue weighted by Crippen LogP contribution is -2.19. The number of anilines is 1. The van der Waals surface area contributed by atoms with Crippen molar-refractivity contribution in [1.82, 2.24) is 19.7 Å². The van der Waals surface area contributed by atoms with E-state index in [4.69, 9.17) is 4.74 Å². The standard InChI is InChI=1S/C18H19N5OS/c1-3-11-25-18-20-17-15(21-22-18)12-7-4-5-8-13(12)19-16(24-17)14-9-6-10-23(14)2/h4-10,16,19H,3,11H2,1-2H3/t16-/m0/s1. The van der Waals surface area contributed by atoms with Gasteiger partial charge >= 0.3 is 0 Å². The van der Waals surface area contributed by atoms with Crippen LogP contribution in [-0.4, -0.2) is 25.5 Å². The number of fused-ring (bicyclic) bond motifs is 3. The summed E-state index contributed by atoms with van der Waals surface area (Å²) in [5.41, 5.74) is 3.59. The molecule has 0 spiro atoms. The van der Waals surface area contributed by atoms with Gasteiger partial charge in [0.15, 0.2) is 5.69 Å². The molecule has 1 N–H and O–H groups in total. The maximum Gasteiger partial charge on any atom is 0.247 e. The Hall–Kier alpha value is -2.54. The van der Waals surface area contributed by atoms with Crippen molar-refractivity contribution in [1.29, 1.82) is 0 Å². The molecular formula is C18H19N5OS. The summed E-state index contributed by atoms with van der Waals surface area (Å²) >= 11 is 1.59. The molecule has 0 radical (unpaired) electrons. The molecule has 1 aliphatic heterocycles. The maximum atomic E-state index is 6.23. The number of ether oxygens (including phenoxy) is 1. The van der Waals surface area contributed by atoms with Gasteiger partial charge in [-0.15, -0.1) is 10.2 Å². The van der Waals surface area contributed by atoms with E-state index in [9.17, 15) is 0 Å². The number of nitrogens with one attached hydrogen (secondary N) is 1. The first-order valence-corrected chi connectivity index (χ1v) is 9.26. The molecule has 0 unspecified atom stereocenters. The second-order valence-electron chi connectivity index (χ2n) is 5.83. The quantitative estimate of drug-likeness (QED) is 0.718. The molecule has 3 aromatic rings. The Morgan fingerprint density at radius 3 is 2.88 bits per heavy atom. The van der Waals surface area contributed by atoms with Crippen molar-refractivity contribution >= 4 is 17.4 Å². The van der Waals surface area contributed by atoms with E-state index in [0.717, 1.165) is 29.1 Å². The molecular weight excluding hydrogens is 334 g/mol. The molecule has 0 amide bonds. The van der Waals surface area contributed by atoms with Gasteiger partial charge in [-0.05, 0) is 24.6 Å². The summed E-state index contributed by atoms with van der Waals surface area (Å²) in [7, 11) is 2.00. The highest BCUT2D eigenvalue weighted by atomic mass is 32.2. The number of hydrogen-bond donors (Lipinski definition) is 1. The van der Waals surface area contributed by atoms with E-state index >= 15 is 0 Å². The monoisotopic (exact) mass is 353 g/mol. The summed E-state index contributed by atoms with van der Waals surface area (Å²) < 4.78 is 8.26. The topological polar surface area (TPSA) is 64.9 Å². The van der Waals surface area contributed by atoms with Gasteiger partial charge in [0.25, 0.3) is 0 Å². The van der Waals surface area contributed by atoms with E-state index < -0.39 is 0 Å². The predicted molar refractivity (Wildman–Crippen MR) is 98.7 cm³/mol. The number of para-hydroxylation sites is 1. The fourth-order valence-corrected chi connectivity index (χ4v) is 3.41. The highest BCUT2D eigenvalue weighted by Gasteiger charge is 2.27. The Bertz CT molecular complexity index is 895. The van der Waals surface area contributed by atoms with Crippen LogP contribution in [0, 0.1) is 0 Å². The number of benzene rings is 1. The molecule has 7 heteroatoms. The van der Waals surface area contributed by atoms with Crippen molar-refractivity contribution in [2.45, 2.75) is 24.7 Å². The number of rotatable bonds is 4. The second kappa shape index (κ2) is 6.76. The minimum absolute atomic E-state index is 0.344. The van der Waals surface area contributed by atoms with Gasteiger partial charge < -0.3 is 14.6 Å². The Balaban J connectivity index is 1.80. The SMILES string of the molecule is CCCSc1nnc2c(n1)O[C@@H](c1cccn1C)Nc1ccccc1-2. The summed E-state index contributed by atoms with van der Waals surface area (Å²) in [6.07, 6.45) is 2.71. The summed E-state index contributed by atoms with van der Waals surface area (Å²) in [6, 6.07) is 12.0. The number of aromatic nitrogens is 4. The fourth-order valence-electron chi connectivity index (χ4n) is 2.78. The first-order valence-electron chi connectivity index (χ1n) is 8.27. The summed E-state index contributed by atoms with van der Waals surface area (Å²) in [5.74, 6) is 1.47. The molecule has 2 aromatic heterocycles. The van der Waals surface area contributed by atoms with E-state index in [1.165, 1.54) is 0 Å². The van der Waals surface area contributed by atoms with Crippen LogP contribution in [0.4, 0.5) is 5.69 Å². The summed E-state index contributed by atoms with van der Waals surface area (Å²) in [4.78, 5) is 4.62. The molecule has 0 bridgehead atoms. The van der Waals surface area contributed by atoms with Gasteiger partial charge in [-0.2, -0.15) is 4.98 Å². The third-order valence-corrected chi connectivity index (χ3v) is 5.06. The molecule has 1 atom stereocenters. The van der Waals surface area contributed by atoms with Crippen molar-refractivity contribution in [2.24, 2.45) is 7.05 Å². The van der Waals surface area contributed by atoms with E-state index in [-0.39, 0.29) is 6.23 Å². The molecule has 0 saturated carbocycles. The Morgan fingerprint density at radius 1 is 1.20 bits per heavy atom. The number of thioether (sulfide) groups is 1. The molecule has 128 valence electrons. The minimum atomic E-state index is -0.344. The molecule has 6 nitrogen and oxygen atoms in total. The molecule has 1 aromatic carbocycles. The molecule has 0 saturated heterocycles. The lowest BCUT2D eigenvalue weighted by molar-refractivity contribution is 0.217. The summed E-state index contributed by atoms with van der Waals surface area (Å²) in [5, 5.41) is 12.8. The number of aryl methyl sites for hydroxylation is 1. The third kappa shape index (κ3) is 3.07. The van der Waals surface area contributed by atoms with Crippen LogP contribution in [0.5, 0.6) is 5.88 Å². The molecule has 0 fully saturated rings. The van der Waals surface area contributed by atoms with Crippen molar-refractivity contribution in [3.05, 3.63) is 48.3 Å². The normalized spacial score (nSPS) is 15.5. The Morgan fingerprint density at radius 2 is 2.08 bits per heavy atom. The van der Waals surface area contributed by atoms with Crippen molar-refractivity contribution < 1.29 is 4.74 Å². The van der Waals surface area contributed by atoms with Gasteiger partial charge in [0.05, 0.1) is 5.69 Å². The highest BCUT2D eigenvalue weighted by molar-refractivity contribution is 7.99. The first kappa shape index (κ1) is 16.0. The molecule has 4 rings (SSSR count). The van der Waals surface area contributed by atoms with Crippen LogP contribution in [-0.2, 0) is 7.05 Å². The van der Waals surface area contributed by atoms with Crippen molar-refractivity contribution in [3.63, 3.8) is 0 Å². The predicted octanol–water partition coefficient (Wildman–Crippen LogP) is 3.88. The van der Waals surface area contributed by atoms with E-state index in [2.05, 4.69) is 27.4 Å². The number of hydrogen-bond acceptors (Lipinski definition) is 6. The fraction of sp³-hybridized carbons (Fsp3) is 0.278. The first-order chi connectivity index (χ1) is 12.3. The lowest BCUT2D eigenvalue weighted by Gasteiger charge is -2.19. The van der Waals surface area contributed by atoms with Gasteiger partial charge in [0, 0.05) is 30.2 Å². The van der Waals surface area contributed by atoms with Gasteiger partial charge in [-0.3, -0.25) is 0 Å². The molecule has 3 heterocycles. The Labute approximate surface area is 150 Å². The van der Waals surface area contributed by atoms with Crippen LogP contribution in [0.15, 0.2) is 47.8 Å². The smallest absolute Gasteiger partial charge is 0.247 e. The zero-order valence-corrected chi connectivity index (χ0v) is 15.0. The zero-order valence-electron chi connectivity index (χ0n) is 14.1. The van der Waals surface area contributed by atoms with Gasteiger partial charge in [0.1, 0.15) is 0 Å². The van der Waals surface area contributed by atoms with Crippen molar-refractivity contribution in [2.75, 3.05) is 11.1 Å². The average molecular weight is 353 g/mol. The van der Waals surface area contributed by atoms with E-state index in [1.807, 2.05) is 54.2 Å². The zero-order chi connectivity index (χ0) is 17.2. The van der Waals surface area contributed by atoms with Crippen LogP contribution in [0.1, 0.15) is 25.3 Å². The van der Waals surface area contributed by atoms with Crippen LogP contribution in [0.3, 0.4) is 0 Å². The van der Waals surface area contributed by atoms with Crippen LogP contribution >= 0.6 is 11.8 Å². The highest BCUT2D eigenvalue weighted by Crippen LogP contribution is 2.39. The second-order valence-corrected chi connectivity index (χ2v) is 6.89. The van der Waals surface area contributed by atoms with E-state index in [1.54, 1.807) is 11.8 Å². The molecule has 0 aliphatic carbocycles. The third-order valence-electron chi connectivity index (χ3n) is 4.02.